The zero-order chi connectivity index (χ0) is 18.0. The van der Waals surface area contributed by atoms with Crippen molar-refractivity contribution in [3.8, 4) is 0 Å². The van der Waals surface area contributed by atoms with Crippen molar-refractivity contribution in [3.05, 3.63) is 24.3 Å². The molecule has 0 saturated carbocycles. The number of carboxylic acid groups (broad SMARTS) is 1. The minimum Gasteiger partial charge on any atom is -0.481 e. The van der Waals surface area contributed by atoms with Gasteiger partial charge >= 0.3 is 13.1 Å². The second kappa shape index (κ2) is 10.7. The van der Waals surface area contributed by atoms with Crippen LogP contribution in [-0.2, 0) is 4.79 Å². The quantitative estimate of drug-likeness (QED) is 0.369. The van der Waals surface area contributed by atoms with E-state index in [1.807, 2.05) is 0 Å². The van der Waals surface area contributed by atoms with Crippen molar-refractivity contribution in [1.82, 2.24) is 0 Å². The molecule has 24 heavy (non-hydrogen) atoms. The van der Waals surface area contributed by atoms with Gasteiger partial charge in [-0.05, 0) is 63.6 Å². The molecular formula is C19H33BO4. The van der Waals surface area contributed by atoms with E-state index in [1.54, 1.807) is 6.08 Å². The van der Waals surface area contributed by atoms with Gasteiger partial charge in [-0.3, -0.25) is 4.79 Å². The lowest BCUT2D eigenvalue weighted by Crippen LogP contribution is -2.37. The topological polar surface area (TPSA) is 77.8 Å². The first-order valence-electron chi connectivity index (χ1n) is 9.37. The Balaban J connectivity index is 2.85. The number of carboxylic acids is 1. The molecule has 0 aromatic heterocycles. The largest absolute Gasteiger partial charge is 0.481 e. The third-order valence-corrected chi connectivity index (χ3v) is 5.39. The SMILES string of the molecule is C=CC(CCC1=CCCCC1)(C(=O)O)C(CCC)CCCB(O)O. The molecule has 0 aromatic carbocycles. The van der Waals surface area contributed by atoms with Crippen LogP contribution in [0.15, 0.2) is 24.3 Å². The normalized spacial score (nSPS) is 18.4. The van der Waals surface area contributed by atoms with Crippen LogP contribution in [0.25, 0.3) is 0 Å². The standard InChI is InChI=1S/C19H33BO4/c1-3-9-17(12-8-15-20(23)24)19(4-2,18(21)22)14-13-16-10-6-5-7-11-16/h4,10,17,23-24H,2-3,5-9,11-15H2,1H3,(H,21,22). The molecule has 3 N–H and O–H groups in total. The van der Waals surface area contributed by atoms with Crippen LogP contribution in [-0.4, -0.2) is 28.2 Å². The molecule has 0 amide bonds. The van der Waals surface area contributed by atoms with Gasteiger partial charge < -0.3 is 15.2 Å². The van der Waals surface area contributed by atoms with Gasteiger partial charge in [-0.1, -0.05) is 37.5 Å². The summed E-state index contributed by atoms with van der Waals surface area (Å²) in [6.45, 7) is 5.93. The van der Waals surface area contributed by atoms with E-state index in [2.05, 4.69) is 19.6 Å². The van der Waals surface area contributed by atoms with Gasteiger partial charge in [0.1, 0.15) is 0 Å². The number of rotatable bonds is 12. The highest BCUT2D eigenvalue weighted by Gasteiger charge is 2.42. The summed E-state index contributed by atoms with van der Waals surface area (Å²) in [4.78, 5) is 12.1. The zero-order valence-electron chi connectivity index (χ0n) is 15.0. The van der Waals surface area contributed by atoms with Crippen molar-refractivity contribution in [2.45, 2.75) is 77.5 Å². The van der Waals surface area contributed by atoms with Gasteiger partial charge in [0.25, 0.3) is 0 Å². The zero-order valence-corrected chi connectivity index (χ0v) is 15.0. The lowest BCUT2D eigenvalue weighted by molar-refractivity contribution is -0.149. The van der Waals surface area contributed by atoms with Crippen LogP contribution in [0.5, 0.6) is 0 Å². The van der Waals surface area contributed by atoms with E-state index < -0.39 is 18.5 Å². The van der Waals surface area contributed by atoms with Crippen LogP contribution in [0.4, 0.5) is 0 Å². The maximum Gasteiger partial charge on any atom is 0.451 e. The summed E-state index contributed by atoms with van der Waals surface area (Å²) in [6, 6.07) is 0. The summed E-state index contributed by atoms with van der Waals surface area (Å²) >= 11 is 0. The maximum atomic E-state index is 12.1. The summed E-state index contributed by atoms with van der Waals surface area (Å²) in [5.41, 5.74) is 0.462. The summed E-state index contributed by atoms with van der Waals surface area (Å²) in [6.07, 6.45) is 13.3. The second-order valence-corrected chi connectivity index (χ2v) is 7.05. The maximum absolute atomic E-state index is 12.1. The fourth-order valence-corrected chi connectivity index (χ4v) is 3.90. The molecule has 0 heterocycles. The Hall–Kier alpha value is -1.07. The third-order valence-electron chi connectivity index (χ3n) is 5.39. The molecule has 1 aliphatic carbocycles. The summed E-state index contributed by atoms with van der Waals surface area (Å²) < 4.78 is 0. The Morgan fingerprint density at radius 3 is 2.67 bits per heavy atom. The van der Waals surface area contributed by atoms with E-state index in [9.17, 15) is 9.90 Å². The van der Waals surface area contributed by atoms with Gasteiger partial charge in [0.2, 0.25) is 0 Å². The van der Waals surface area contributed by atoms with Crippen LogP contribution in [0.3, 0.4) is 0 Å². The van der Waals surface area contributed by atoms with Crippen molar-refractivity contribution in [3.63, 3.8) is 0 Å². The van der Waals surface area contributed by atoms with E-state index in [1.165, 1.54) is 18.4 Å². The number of aliphatic carboxylic acids is 1. The Kier molecular flexibility index (Phi) is 9.38. The van der Waals surface area contributed by atoms with Crippen LogP contribution >= 0.6 is 0 Å². The molecule has 1 aliphatic rings. The summed E-state index contributed by atoms with van der Waals surface area (Å²) in [7, 11) is -1.32. The first kappa shape index (κ1) is 21.0. The van der Waals surface area contributed by atoms with E-state index in [0.29, 0.717) is 19.3 Å². The minimum absolute atomic E-state index is 0.0135. The van der Waals surface area contributed by atoms with Crippen molar-refractivity contribution in [2.75, 3.05) is 0 Å². The minimum atomic E-state index is -1.32. The van der Waals surface area contributed by atoms with Crippen LogP contribution in [0.2, 0.25) is 6.32 Å². The van der Waals surface area contributed by atoms with E-state index in [-0.39, 0.29) is 12.2 Å². The Labute approximate surface area is 146 Å². The lowest BCUT2D eigenvalue weighted by atomic mass is 9.66. The Bertz CT molecular complexity index is 433. The van der Waals surface area contributed by atoms with Crippen LogP contribution in [0, 0.1) is 11.3 Å². The average Bonchev–Trinajstić information content (AvgIpc) is 2.56. The molecule has 1 rings (SSSR count). The number of hydrogen-bond donors (Lipinski definition) is 3. The molecule has 0 aromatic rings. The fraction of sp³-hybridized carbons (Fsp3) is 0.737. The van der Waals surface area contributed by atoms with Crippen molar-refractivity contribution < 1.29 is 19.9 Å². The highest BCUT2D eigenvalue weighted by Crippen LogP contribution is 2.42. The van der Waals surface area contributed by atoms with Gasteiger partial charge in [0, 0.05) is 0 Å². The lowest BCUT2D eigenvalue weighted by Gasteiger charge is -2.35. The molecule has 4 nitrogen and oxygen atoms in total. The Morgan fingerprint density at radius 1 is 1.42 bits per heavy atom. The monoisotopic (exact) mass is 336 g/mol. The van der Waals surface area contributed by atoms with Crippen LogP contribution in [0.1, 0.15) is 71.1 Å². The van der Waals surface area contributed by atoms with Gasteiger partial charge in [-0.25, -0.2) is 0 Å². The third kappa shape index (κ3) is 6.10. The van der Waals surface area contributed by atoms with E-state index >= 15 is 0 Å². The van der Waals surface area contributed by atoms with E-state index in [4.69, 9.17) is 10.0 Å². The molecular weight excluding hydrogens is 303 g/mol. The van der Waals surface area contributed by atoms with Crippen LogP contribution < -0.4 is 0 Å². The number of hydrogen-bond acceptors (Lipinski definition) is 3. The summed E-state index contributed by atoms with van der Waals surface area (Å²) in [5, 5.41) is 28.1. The average molecular weight is 336 g/mol. The molecule has 0 bridgehead atoms. The molecule has 5 heteroatoms. The van der Waals surface area contributed by atoms with Gasteiger partial charge in [-0.2, -0.15) is 0 Å². The smallest absolute Gasteiger partial charge is 0.451 e. The summed E-state index contributed by atoms with van der Waals surface area (Å²) in [5.74, 6) is -0.808. The molecule has 0 fully saturated rings. The number of allylic oxidation sites excluding steroid dienone is 2. The molecule has 0 spiro atoms. The van der Waals surface area contributed by atoms with E-state index in [0.717, 1.165) is 32.1 Å². The predicted molar refractivity (Wildman–Crippen MR) is 98.7 cm³/mol. The first-order chi connectivity index (χ1) is 11.5. The van der Waals surface area contributed by atoms with Crippen molar-refractivity contribution >= 4 is 13.1 Å². The van der Waals surface area contributed by atoms with Gasteiger partial charge in [0.15, 0.2) is 0 Å². The van der Waals surface area contributed by atoms with Gasteiger partial charge in [0.05, 0.1) is 5.41 Å². The molecule has 0 saturated heterocycles. The second-order valence-electron chi connectivity index (χ2n) is 7.05. The molecule has 2 unspecified atom stereocenters. The highest BCUT2D eigenvalue weighted by atomic mass is 16.4. The van der Waals surface area contributed by atoms with Gasteiger partial charge in [-0.15, -0.1) is 6.58 Å². The molecule has 2 atom stereocenters. The Morgan fingerprint density at radius 2 is 2.17 bits per heavy atom. The molecule has 0 radical (unpaired) electrons. The number of carbonyl (C=O) groups is 1. The highest BCUT2D eigenvalue weighted by molar-refractivity contribution is 6.40. The molecule has 136 valence electrons. The van der Waals surface area contributed by atoms with Crippen molar-refractivity contribution in [1.29, 1.82) is 0 Å². The first-order valence-corrected chi connectivity index (χ1v) is 9.37. The fourth-order valence-electron chi connectivity index (χ4n) is 3.90. The predicted octanol–water partition coefficient (Wildman–Crippen LogP) is 4.19. The van der Waals surface area contributed by atoms with Crippen molar-refractivity contribution in [2.24, 2.45) is 11.3 Å². The molecule has 0 aliphatic heterocycles.